The zero-order valence-corrected chi connectivity index (χ0v) is 7.60. The van der Waals surface area contributed by atoms with Crippen molar-refractivity contribution in [1.29, 1.82) is 0 Å². The molecule has 0 spiro atoms. The molecule has 0 aliphatic rings. The van der Waals surface area contributed by atoms with Crippen molar-refractivity contribution < 1.29 is 9.58 Å². The summed E-state index contributed by atoms with van der Waals surface area (Å²) in [5.41, 5.74) is 5.43. The molecule has 2 rings (SSSR count). The first kappa shape index (κ1) is 8.76. The fourth-order valence-electron chi connectivity index (χ4n) is 1.13. The topological polar surface area (TPSA) is 92.8 Å². The van der Waals surface area contributed by atoms with Crippen LogP contribution in [0.2, 0.25) is 5.02 Å². The van der Waals surface area contributed by atoms with Crippen LogP contribution in [0.25, 0.3) is 11.0 Å². The number of anilines is 1. The number of nitrogens with zero attached hydrogens (tertiary/aromatic N) is 3. The number of nitrogen functional groups attached to an aromatic ring is 1. The van der Waals surface area contributed by atoms with Crippen LogP contribution in [0.5, 0.6) is 0 Å². The fourth-order valence-corrected chi connectivity index (χ4v) is 1.30. The third kappa shape index (κ3) is 1.16. The molecule has 7 heteroatoms. The average Bonchev–Trinajstić information content (AvgIpc) is 2.14. The third-order valence-corrected chi connectivity index (χ3v) is 2.00. The maximum Gasteiger partial charge on any atom is 0.458 e. The predicted molar refractivity (Wildman–Crippen MR) is 49.1 cm³/mol. The minimum absolute atomic E-state index is 0.0849. The molecule has 14 heavy (non-hydrogen) atoms. The van der Waals surface area contributed by atoms with Gasteiger partial charge in [0.2, 0.25) is 5.10 Å². The van der Waals surface area contributed by atoms with Gasteiger partial charge in [0.15, 0.2) is 5.52 Å². The second kappa shape index (κ2) is 2.85. The predicted octanol–water partition coefficient (Wildman–Crippen LogP) is -0.263. The number of rotatable bonds is 0. The van der Waals surface area contributed by atoms with Crippen LogP contribution >= 0.6 is 11.6 Å². The first-order chi connectivity index (χ1) is 6.59. The van der Waals surface area contributed by atoms with E-state index in [9.17, 15) is 10.4 Å². The molecule has 0 aliphatic carbocycles. The largest absolute Gasteiger partial charge is 0.739 e. The molecule has 0 saturated heterocycles. The minimum Gasteiger partial charge on any atom is -0.739 e. The van der Waals surface area contributed by atoms with Gasteiger partial charge in [-0.05, 0) is 12.1 Å². The summed E-state index contributed by atoms with van der Waals surface area (Å²) in [5.74, 6) is -0.394. The van der Waals surface area contributed by atoms with Crippen LogP contribution in [0.1, 0.15) is 0 Å². The molecule has 0 amide bonds. The van der Waals surface area contributed by atoms with Crippen molar-refractivity contribution in [2.75, 3.05) is 5.73 Å². The van der Waals surface area contributed by atoms with Crippen molar-refractivity contribution in [3.05, 3.63) is 33.6 Å². The van der Waals surface area contributed by atoms with Gasteiger partial charge in [-0.2, -0.15) is 0 Å². The lowest BCUT2D eigenvalue weighted by atomic mass is 10.3. The van der Waals surface area contributed by atoms with Crippen LogP contribution < -0.4 is 15.3 Å². The monoisotopic (exact) mass is 212 g/mol. The summed E-state index contributed by atoms with van der Waals surface area (Å²) in [6.07, 6.45) is 0. The number of nitrogens with two attached hydrogens (primary N) is 1. The van der Waals surface area contributed by atoms with Crippen LogP contribution in [0.4, 0.5) is 5.95 Å². The van der Waals surface area contributed by atoms with Crippen LogP contribution in [0, 0.1) is 10.4 Å². The summed E-state index contributed by atoms with van der Waals surface area (Å²) >= 11 is 5.66. The van der Waals surface area contributed by atoms with Crippen LogP contribution in [0.3, 0.4) is 0 Å². The van der Waals surface area contributed by atoms with Gasteiger partial charge in [-0.25, -0.2) is 4.73 Å². The lowest BCUT2D eigenvalue weighted by Crippen LogP contribution is -2.44. The fraction of sp³-hybridized carbons (Fsp3) is 0. The summed E-state index contributed by atoms with van der Waals surface area (Å²) in [7, 11) is 0. The van der Waals surface area contributed by atoms with Gasteiger partial charge in [-0.1, -0.05) is 11.6 Å². The van der Waals surface area contributed by atoms with E-state index >= 15 is 0 Å². The number of aromatic nitrogens is 3. The normalized spacial score (nSPS) is 10.6. The van der Waals surface area contributed by atoms with Gasteiger partial charge >= 0.3 is 11.5 Å². The van der Waals surface area contributed by atoms with Crippen molar-refractivity contribution in [2.24, 2.45) is 0 Å². The minimum atomic E-state index is -0.394. The Labute approximate surface area is 83.3 Å². The quantitative estimate of drug-likeness (QED) is 0.481. The van der Waals surface area contributed by atoms with Crippen LogP contribution in [0.15, 0.2) is 18.2 Å². The highest BCUT2D eigenvalue weighted by atomic mass is 35.5. The molecule has 6 nitrogen and oxygen atoms in total. The van der Waals surface area contributed by atoms with Crippen molar-refractivity contribution in [1.82, 2.24) is 5.10 Å². The Morgan fingerprint density at radius 3 is 2.71 bits per heavy atom. The molecule has 2 N–H and O–H groups in total. The highest BCUT2D eigenvalue weighted by Gasteiger charge is 2.16. The third-order valence-electron chi connectivity index (χ3n) is 1.76. The van der Waals surface area contributed by atoms with Gasteiger partial charge in [0.05, 0.1) is 0 Å². The number of hydrogen-bond donors (Lipinski definition) is 1. The van der Waals surface area contributed by atoms with E-state index in [0.29, 0.717) is 9.75 Å². The highest BCUT2D eigenvalue weighted by molar-refractivity contribution is 6.31. The molecule has 0 atom stereocenters. The Balaban J connectivity index is 2.94. The molecule has 0 unspecified atom stereocenters. The molecule has 0 radical (unpaired) electrons. The highest BCUT2D eigenvalue weighted by Crippen LogP contribution is 2.13. The number of halogens is 1. The number of hydrogen-bond acceptors (Lipinski definition) is 4. The maximum atomic E-state index is 11.3. The summed E-state index contributed by atoms with van der Waals surface area (Å²) in [5, 5.41) is 26.2. The zero-order chi connectivity index (χ0) is 10.3. The van der Waals surface area contributed by atoms with E-state index in [1.54, 1.807) is 0 Å². The molecule has 0 fully saturated rings. The van der Waals surface area contributed by atoms with Gasteiger partial charge in [0, 0.05) is 15.9 Å². The Morgan fingerprint density at radius 2 is 2.00 bits per heavy atom. The second-order valence-corrected chi connectivity index (χ2v) is 3.09. The van der Waals surface area contributed by atoms with Crippen molar-refractivity contribution in [3.63, 3.8) is 0 Å². The molecule has 1 heterocycles. The van der Waals surface area contributed by atoms with E-state index in [2.05, 4.69) is 5.10 Å². The van der Waals surface area contributed by atoms with Crippen LogP contribution in [-0.4, -0.2) is 5.10 Å². The lowest BCUT2D eigenvalue weighted by Gasteiger charge is -2.06. The molecule has 0 aliphatic heterocycles. The molecular formula is C7H5ClN4O2. The number of fused-ring (bicyclic) bond motifs is 1. The molecule has 0 bridgehead atoms. The lowest BCUT2D eigenvalue weighted by molar-refractivity contribution is -0.672. The molecule has 72 valence electrons. The smallest absolute Gasteiger partial charge is 0.458 e. The Hall–Kier alpha value is -1.82. The Kier molecular flexibility index (Phi) is 1.78. The van der Waals surface area contributed by atoms with Gasteiger partial charge in [0.25, 0.3) is 0 Å². The average molecular weight is 213 g/mol. The first-order valence-corrected chi connectivity index (χ1v) is 4.05. The molecule has 2 aromatic rings. The van der Waals surface area contributed by atoms with E-state index < -0.39 is 5.95 Å². The summed E-state index contributed by atoms with van der Waals surface area (Å²) < 4.78 is 0.375. The standard InChI is InChI=1S/C7H5ClN4O2/c8-4-1-2-5-6(3-4)12(14)10-7(9)11(5)13/h1-3H,(H2,9,10). The van der Waals surface area contributed by atoms with E-state index in [-0.39, 0.29) is 15.9 Å². The van der Waals surface area contributed by atoms with Gasteiger partial charge in [-0.15, -0.1) is 0 Å². The summed E-state index contributed by atoms with van der Waals surface area (Å²) in [6, 6.07) is 4.26. The molecular weight excluding hydrogens is 208 g/mol. The number of benzene rings is 1. The van der Waals surface area contributed by atoms with E-state index in [1.165, 1.54) is 18.2 Å². The maximum absolute atomic E-state index is 11.3. The van der Waals surface area contributed by atoms with Gasteiger partial charge < -0.3 is 10.4 Å². The molecule has 1 aromatic carbocycles. The zero-order valence-electron chi connectivity index (χ0n) is 6.85. The Bertz CT molecular complexity index is 517. The van der Waals surface area contributed by atoms with E-state index in [4.69, 9.17) is 17.3 Å². The van der Waals surface area contributed by atoms with Crippen molar-refractivity contribution >= 4 is 28.6 Å². The van der Waals surface area contributed by atoms with Gasteiger partial charge in [0.1, 0.15) is 0 Å². The first-order valence-electron chi connectivity index (χ1n) is 3.68. The van der Waals surface area contributed by atoms with E-state index in [0.717, 1.165) is 0 Å². The van der Waals surface area contributed by atoms with E-state index in [1.807, 2.05) is 0 Å². The van der Waals surface area contributed by atoms with Crippen LogP contribution in [-0.2, 0) is 0 Å². The molecule has 0 saturated carbocycles. The van der Waals surface area contributed by atoms with Gasteiger partial charge in [-0.3, -0.25) is 5.73 Å². The second-order valence-electron chi connectivity index (χ2n) is 2.66. The Morgan fingerprint density at radius 1 is 1.29 bits per heavy atom. The SMILES string of the molecule is Nc1n[n+]([O-])c2cc(Cl)ccc2[n+]1[O-]. The van der Waals surface area contributed by atoms with Crippen molar-refractivity contribution in [2.45, 2.75) is 0 Å². The molecule has 1 aromatic heterocycles. The summed E-state index contributed by atoms with van der Waals surface area (Å²) in [6.45, 7) is 0. The summed E-state index contributed by atoms with van der Waals surface area (Å²) in [4.78, 5) is 0.269. The van der Waals surface area contributed by atoms with Crippen molar-refractivity contribution in [3.8, 4) is 0 Å².